The molecule has 1 amide bonds. The maximum Gasteiger partial charge on any atom is 0.416 e. The van der Waals surface area contributed by atoms with Gasteiger partial charge in [0, 0.05) is 12.6 Å². The van der Waals surface area contributed by atoms with E-state index in [1.165, 1.54) is 31.2 Å². The molecule has 1 unspecified atom stereocenters. The summed E-state index contributed by atoms with van der Waals surface area (Å²) < 4.78 is 77.6. The summed E-state index contributed by atoms with van der Waals surface area (Å²) in [7, 11) is -2.92. The van der Waals surface area contributed by atoms with Crippen LogP contribution < -0.4 is 15.7 Å². The van der Waals surface area contributed by atoms with Crippen molar-refractivity contribution in [1.82, 2.24) is 5.32 Å². The number of halogens is 6. The third kappa shape index (κ3) is 5.01. The summed E-state index contributed by atoms with van der Waals surface area (Å²) in [5, 5.41) is 4.01. The van der Waals surface area contributed by atoms with E-state index in [1.807, 2.05) is 13.5 Å². The minimum absolute atomic E-state index is 0.311. The van der Waals surface area contributed by atoms with E-state index in [4.69, 9.17) is 0 Å². The van der Waals surface area contributed by atoms with Crippen LogP contribution in [0.1, 0.15) is 31.4 Å². The Morgan fingerprint density at radius 2 is 1.21 bits per heavy atom. The van der Waals surface area contributed by atoms with Crippen molar-refractivity contribution in [1.29, 1.82) is 0 Å². The van der Waals surface area contributed by atoms with E-state index in [9.17, 15) is 31.1 Å². The first-order valence-electron chi connectivity index (χ1n) is 8.92. The normalized spacial score (nSPS) is 13.8. The zero-order valence-corrected chi connectivity index (χ0v) is 17.1. The van der Waals surface area contributed by atoms with E-state index in [1.54, 1.807) is 0 Å². The van der Waals surface area contributed by atoms with Gasteiger partial charge in [0.25, 0.3) is 0 Å². The summed E-state index contributed by atoms with van der Waals surface area (Å²) in [6.07, 6.45) is -8.51. The topological polar surface area (TPSA) is 29.1 Å². The average Bonchev–Trinajstić information content (AvgIpc) is 2.64. The van der Waals surface area contributed by atoms with E-state index in [2.05, 4.69) is 5.32 Å². The Bertz CT molecular complexity index is 786. The van der Waals surface area contributed by atoms with Gasteiger partial charge in [0.05, 0.1) is 11.1 Å². The Balaban J connectivity index is 2.61. The van der Waals surface area contributed by atoms with Crippen LogP contribution in [0.4, 0.5) is 26.3 Å². The van der Waals surface area contributed by atoms with Gasteiger partial charge < -0.3 is 5.32 Å². The summed E-state index contributed by atoms with van der Waals surface area (Å²) >= 11 is 0. The fourth-order valence-corrected chi connectivity index (χ4v) is 7.64. The first-order valence-corrected chi connectivity index (χ1v) is 11.5. The molecule has 9 heteroatoms. The fourth-order valence-electron chi connectivity index (χ4n) is 3.48. The zero-order chi connectivity index (χ0) is 22.0. The van der Waals surface area contributed by atoms with Gasteiger partial charge >= 0.3 is 12.4 Å². The van der Waals surface area contributed by atoms with Crippen LogP contribution in [0.15, 0.2) is 48.5 Å². The average molecular weight is 433 g/mol. The van der Waals surface area contributed by atoms with Gasteiger partial charge in [-0.3, -0.25) is 4.79 Å². The van der Waals surface area contributed by atoms with Crippen molar-refractivity contribution in [2.45, 2.75) is 44.8 Å². The highest BCUT2D eigenvalue weighted by Crippen LogP contribution is 2.30. The Morgan fingerprint density at radius 3 is 1.45 bits per heavy atom. The molecule has 0 bridgehead atoms. The lowest BCUT2D eigenvalue weighted by Gasteiger charge is -2.37. The van der Waals surface area contributed by atoms with Gasteiger partial charge in [0.2, 0.25) is 5.91 Å². The number of hydrogen-bond donors (Lipinski definition) is 1. The monoisotopic (exact) mass is 433 g/mol. The highest BCUT2D eigenvalue weighted by molar-refractivity contribution is 7.02. The van der Waals surface area contributed by atoms with Crippen LogP contribution in [0.25, 0.3) is 0 Å². The molecule has 0 aliphatic heterocycles. The van der Waals surface area contributed by atoms with Crippen LogP contribution in [0.3, 0.4) is 0 Å². The predicted octanol–water partition coefficient (Wildman–Crippen LogP) is 4.37. The second-order valence-electron chi connectivity index (χ2n) is 7.01. The number of carbonyl (C=O) groups excluding carboxylic acids is 1. The van der Waals surface area contributed by atoms with E-state index < -0.39 is 37.2 Å². The van der Waals surface area contributed by atoms with Crippen molar-refractivity contribution in [3.8, 4) is 0 Å². The van der Waals surface area contributed by atoms with E-state index in [-0.39, 0.29) is 5.91 Å². The second-order valence-corrected chi connectivity index (χ2v) is 11.3. The second kappa shape index (κ2) is 8.21. The van der Waals surface area contributed by atoms with Gasteiger partial charge in [0.1, 0.15) is 8.07 Å². The summed E-state index contributed by atoms with van der Waals surface area (Å²) in [6, 6.07) is 9.29. The first-order chi connectivity index (χ1) is 13.3. The number of hydrogen-bond acceptors (Lipinski definition) is 1. The number of carbonyl (C=O) groups is 1. The van der Waals surface area contributed by atoms with Crippen molar-refractivity contribution >= 4 is 24.4 Å². The molecule has 1 atom stereocenters. The van der Waals surface area contributed by atoms with Crippen LogP contribution >= 0.6 is 0 Å². The summed E-state index contributed by atoms with van der Waals surface area (Å²) in [5.74, 6) is -0.311. The Labute approximate surface area is 165 Å². The van der Waals surface area contributed by atoms with Crippen LogP contribution in [0.5, 0.6) is 0 Å². The first kappa shape index (κ1) is 23.0. The maximum absolute atomic E-state index is 12.9. The molecule has 0 heterocycles. The Hall–Kier alpha value is -2.29. The Morgan fingerprint density at radius 1 is 0.862 bits per heavy atom. The summed E-state index contributed by atoms with van der Waals surface area (Å²) in [4.78, 5) is 11.7. The third-order valence-electron chi connectivity index (χ3n) is 5.11. The van der Waals surface area contributed by atoms with E-state index >= 15 is 0 Å². The molecule has 0 saturated heterocycles. The van der Waals surface area contributed by atoms with Crippen LogP contribution in [-0.2, 0) is 17.1 Å². The molecular weight excluding hydrogens is 412 g/mol. The standard InChI is InChI=1S/C20H21F6NOSi/c1-4-18(27-13(2)28)29(3,16-9-5-14(6-10-16)19(21,22)23)17-11-7-15(8-12-17)20(24,25)26/h5-12,18H,4H2,1-3H3,(H,27,28). The lowest BCUT2D eigenvalue weighted by atomic mass is 10.2. The molecule has 0 fully saturated rings. The highest BCUT2D eigenvalue weighted by Gasteiger charge is 2.41. The van der Waals surface area contributed by atoms with Gasteiger partial charge in [-0.15, -0.1) is 0 Å². The SMILES string of the molecule is CCC(NC(C)=O)[Si](C)(c1ccc(C(F)(F)F)cc1)c1ccc(C(F)(F)F)cc1. The third-order valence-corrected chi connectivity index (χ3v) is 10.1. The summed E-state index contributed by atoms with van der Waals surface area (Å²) in [5.41, 5.74) is -2.02. The van der Waals surface area contributed by atoms with Crippen LogP contribution in [0, 0.1) is 0 Å². The van der Waals surface area contributed by atoms with E-state index in [0.717, 1.165) is 24.3 Å². The van der Waals surface area contributed by atoms with E-state index in [0.29, 0.717) is 16.8 Å². The van der Waals surface area contributed by atoms with Gasteiger partial charge in [-0.2, -0.15) is 26.3 Å². The van der Waals surface area contributed by atoms with Crippen molar-refractivity contribution in [2.75, 3.05) is 0 Å². The molecule has 2 aromatic rings. The van der Waals surface area contributed by atoms with Gasteiger partial charge in [-0.05, 0) is 6.42 Å². The lowest BCUT2D eigenvalue weighted by molar-refractivity contribution is -0.138. The van der Waals surface area contributed by atoms with Crippen molar-refractivity contribution in [2.24, 2.45) is 0 Å². The molecule has 2 rings (SSSR count). The number of amides is 1. The smallest absolute Gasteiger partial charge is 0.355 e. The maximum atomic E-state index is 12.9. The van der Waals surface area contributed by atoms with Gasteiger partial charge in [-0.1, -0.05) is 72.4 Å². The molecule has 0 radical (unpaired) electrons. The van der Waals surface area contributed by atoms with Gasteiger partial charge in [-0.25, -0.2) is 0 Å². The lowest BCUT2D eigenvalue weighted by Crippen LogP contribution is -2.68. The number of alkyl halides is 6. The molecule has 2 aromatic carbocycles. The minimum atomic E-state index is -4.49. The number of nitrogens with one attached hydrogen (secondary N) is 1. The predicted molar refractivity (Wildman–Crippen MR) is 102 cm³/mol. The van der Waals surface area contributed by atoms with Crippen molar-refractivity contribution < 1.29 is 31.1 Å². The molecule has 0 spiro atoms. The van der Waals surface area contributed by atoms with Gasteiger partial charge in [0.15, 0.2) is 0 Å². The molecular formula is C20H21F6NOSi. The molecule has 29 heavy (non-hydrogen) atoms. The molecule has 0 aliphatic rings. The minimum Gasteiger partial charge on any atom is -0.355 e. The largest absolute Gasteiger partial charge is 0.416 e. The molecule has 2 nitrogen and oxygen atoms in total. The van der Waals surface area contributed by atoms with Crippen molar-refractivity contribution in [3.05, 3.63) is 59.7 Å². The van der Waals surface area contributed by atoms with Crippen molar-refractivity contribution in [3.63, 3.8) is 0 Å². The fraction of sp³-hybridized carbons (Fsp3) is 0.350. The molecule has 158 valence electrons. The number of benzene rings is 2. The molecule has 1 N–H and O–H groups in total. The number of rotatable bonds is 5. The molecule has 0 aliphatic carbocycles. The Kier molecular flexibility index (Phi) is 6.51. The molecule has 0 saturated carbocycles. The summed E-state index contributed by atoms with van der Waals surface area (Å²) in [6.45, 7) is 4.99. The highest BCUT2D eigenvalue weighted by atomic mass is 28.3. The van der Waals surface area contributed by atoms with Crippen LogP contribution in [0.2, 0.25) is 6.55 Å². The zero-order valence-electron chi connectivity index (χ0n) is 16.1. The van der Waals surface area contributed by atoms with Crippen LogP contribution in [-0.4, -0.2) is 19.6 Å². The quantitative estimate of drug-likeness (QED) is 0.551. The molecule has 0 aromatic heterocycles.